The van der Waals surface area contributed by atoms with Crippen LogP contribution in [0.25, 0.3) is 0 Å². The number of hydrogen-bond acceptors (Lipinski definition) is 3. The molecule has 3 atom stereocenters. The molecule has 2 aliphatic rings. The van der Waals surface area contributed by atoms with E-state index in [0.29, 0.717) is 19.1 Å². The summed E-state index contributed by atoms with van der Waals surface area (Å²) in [6.07, 6.45) is 0.264. The summed E-state index contributed by atoms with van der Waals surface area (Å²) in [6.45, 7) is 17.2. The molecule has 0 spiro atoms. The van der Waals surface area contributed by atoms with Crippen LogP contribution in [0.4, 0.5) is 0 Å². The Labute approximate surface area is 112 Å². The van der Waals surface area contributed by atoms with Crippen molar-refractivity contribution in [3.8, 4) is 0 Å². The highest BCUT2D eigenvalue weighted by atomic mass is 28.4. The Morgan fingerprint density at radius 2 is 1.89 bits per heavy atom. The standard InChI is InChI=1S/C14H28O3Si/c1-10(2)14-9-15-11(8-16-14)12(14)17-18(6,7)13(3,4)5/h10-12H,8-9H2,1-7H3/t11-,12-,14+/m0/s1. The predicted octanol–water partition coefficient (Wildman–Crippen LogP) is 3.20. The fourth-order valence-corrected chi connectivity index (χ4v) is 3.89. The lowest BCUT2D eigenvalue weighted by molar-refractivity contribution is -0.123. The van der Waals surface area contributed by atoms with Gasteiger partial charge >= 0.3 is 0 Å². The number of hydrogen-bond donors (Lipinski definition) is 0. The van der Waals surface area contributed by atoms with Gasteiger partial charge in [0, 0.05) is 0 Å². The van der Waals surface area contributed by atoms with Crippen LogP contribution in [0.3, 0.4) is 0 Å². The van der Waals surface area contributed by atoms with Crippen LogP contribution in [0.15, 0.2) is 0 Å². The molecule has 2 rings (SSSR count). The lowest BCUT2D eigenvalue weighted by atomic mass is 9.87. The van der Waals surface area contributed by atoms with E-state index < -0.39 is 8.32 Å². The average molecular weight is 272 g/mol. The molecule has 0 amide bonds. The van der Waals surface area contributed by atoms with Crippen molar-refractivity contribution in [1.82, 2.24) is 0 Å². The molecule has 0 radical (unpaired) electrons. The first-order valence-electron chi connectivity index (χ1n) is 7.03. The number of rotatable bonds is 3. The molecule has 2 aliphatic heterocycles. The minimum Gasteiger partial charge on any atom is -0.408 e. The summed E-state index contributed by atoms with van der Waals surface area (Å²) >= 11 is 0. The Hall–Kier alpha value is 0.0969. The molecule has 3 nitrogen and oxygen atoms in total. The summed E-state index contributed by atoms with van der Waals surface area (Å²) in [6, 6.07) is 0. The molecule has 2 heterocycles. The van der Waals surface area contributed by atoms with Gasteiger partial charge in [-0.1, -0.05) is 34.6 Å². The van der Waals surface area contributed by atoms with Crippen molar-refractivity contribution in [3.63, 3.8) is 0 Å². The number of fused-ring (bicyclic) bond motifs is 2. The summed E-state index contributed by atoms with van der Waals surface area (Å²) in [5.74, 6) is 0.430. The quantitative estimate of drug-likeness (QED) is 0.738. The maximum atomic E-state index is 6.60. The first-order chi connectivity index (χ1) is 8.10. The van der Waals surface area contributed by atoms with E-state index in [9.17, 15) is 0 Å². The van der Waals surface area contributed by atoms with Gasteiger partial charge in [-0.3, -0.25) is 0 Å². The zero-order valence-corrected chi connectivity index (χ0v) is 13.9. The highest BCUT2D eigenvalue weighted by Gasteiger charge is 2.61. The molecule has 106 valence electrons. The first-order valence-corrected chi connectivity index (χ1v) is 9.94. The maximum absolute atomic E-state index is 6.60. The summed E-state index contributed by atoms with van der Waals surface area (Å²) in [5.41, 5.74) is -0.208. The lowest BCUT2D eigenvalue weighted by Gasteiger charge is -2.42. The van der Waals surface area contributed by atoms with Crippen molar-refractivity contribution in [3.05, 3.63) is 0 Å². The Kier molecular flexibility index (Phi) is 3.47. The van der Waals surface area contributed by atoms with Crippen molar-refractivity contribution in [2.75, 3.05) is 13.2 Å². The van der Waals surface area contributed by atoms with E-state index in [4.69, 9.17) is 13.9 Å². The van der Waals surface area contributed by atoms with Gasteiger partial charge in [-0.2, -0.15) is 0 Å². The van der Waals surface area contributed by atoms with Gasteiger partial charge in [-0.25, -0.2) is 0 Å². The summed E-state index contributed by atoms with van der Waals surface area (Å²) in [4.78, 5) is 0. The third-order valence-corrected chi connectivity index (χ3v) is 9.52. The molecule has 0 aromatic carbocycles. The van der Waals surface area contributed by atoms with E-state index in [0.717, 1.165) is 0 Å². The minimum atomic E-state index is -1.77. The van der Waals surface area contributed by atoms with E-state index in [2.05, 4.69) is 47.7 Å². The van der Waals surface area contributed by atoms with Crippen molar-refractivity contribution >= 4 is 8.32 Å². The van der Waals surface area contributed by atoms with Crippen molar-refractivity contribution in [2.24, 2.45) is 5.92 Å². The molecule has 4 heteroatoms. The molecule has 0 aliphatic carbocycles. The minimum absolute atomic E-state index is 0.124. The molecule has 2 saturated heterocycles. The Morgan fingerprint density at radius 3 is 2.28 bits per heavy atom. The normalized spacial score (nSPS) is 36.7. The van der Waals surface area contributed by atoms with E-state index in [-0.39, 0.29) is 22.8 Å². The third-order valence-electron chi connectivity index (χ3n) is 5.06. The molecule has 2 fully saturated rings. The van der Waals surface area contributed by atoms with Gasteiger partial charge in [-0.05, 0) is 24.1 Å². The van der Waals surface area contributed by atoms with Crippen LogP contribution >= 0.6 is 0 Å². The Morgan fingerprint density at radius 1 is 1.28 bits per heavy atom. The zero-order chi connectivity index (χ0) is 13.8. The predicted molar refractivity (Wildman–Crippen MR) is 75.3 cm³/mol. The van der Waals surface area contributed by atoms with E-state index in [1.165, 1.54) is 0 Å². The highest BCUT2D eigenvalue weighted by molar-refractivity contribution is 6.74. The molecule has 0 aromatic rings. The fraction of sp³-hybridized carbons (Fsp3) is 1.00. The van der Waals surface area contributed by atoms with Gasteiger partial charge in [0.05, 0.1) is 13.2 Å². The first kappa shape index (κ1) is 14.5. The molecular formula is C14H28O3Si. The summed E-state index contributed by atoms with van der Waals surface area (Å²) < 4.78 is 18.5. The molecule has 0 saturated carbocycles. The molecule has 0 aromatic heterocycles. The molecule has 18 heavy (non-hydrogen) atoms. The van der Waals surface area contributed by atoms with Gasteiger partial charge < -0.3 is 13.9 Å². The topological polar surface area (TPSA) is 27.7 Å². The largest absolute Gasteiger partial charge is 0.408 e. The SMILES string of the molecule is CC(C)[C@@]12CO[C@@H](CO1)[C@@H]2O[Si](C)(C)C(C)(C)C. The van der Waals surface area contributed by atoms with Gasteiger partial charge in [0.15, 0.2) is 8.32 Å². The van der Waals surface area contributed by atoms with Crippen LogP contribution in [0.1, 0.15) is 34.6 Å². The van der Waals surface area contributed by atoms with Crippen LogP contribution in [-0.4, -0.2) is 39.3 Å². The molecule has 0 unspecified atom stereocenters. The number of ether oxygens (including phenoxy) is 2. The summed E-state index contributed by atoms with van der Waals surface area (Å²) in [7, 11) is -1.77. The van der Waals surface area contributed by atoms with Crippen LogP contribution in [0, 0.1) is 5.92 Å². The van der Waals surface area contributed by atoms with Crippen molar-refractivity contribution < 1.29 is 13.9 Å². The Bertz CT molecular complexity index is 311. The smallest absolute Gasteiger partial charge is 0.192 e. The van der Waals surface area contributed by atoms with Crippen LogP contribution in [0.5, 0.6) is 0 Å². The van der Waals surface area contributed by atoms with Gasteiger partial charge in [0.1, 0.15) is 17.8 Å². The van der Waals surface area contributed by atoms with Crippen LogP contribution in [-0.2, 0) is 13.9 Å². The second kappa shape index (κ2) is 4.30. The monoisotopic (exact) mass is 272 g/mol. The molecule has 0 N–H and O–H groups in total. The van der Waals surface area contributed by atoms with Crippen molar-refractivity contribution in [1.29, 1.82) is 0 Å². The van der Waals surface area contributed by atoms with Crippen LogP contribution < -0.4 is 0 Å². The van der Waals surface area contributed by atoms with Crippen LogP contribution in [0.2, 0.25) is 18.1 Å². The highest BCUT2D eigenvalue weighted by Crippen LogP contribution is 2.47. The summed E-state index contributed by atoms with van der Waals surface area (Å²) in [5, 5.41) is 0.229. The van der Waals surface area contributed by atoms with Gasteiger partial charge in [0.2, 0.25) is 0 Å². The maximum Gasteiger partial charge on any atom is 0.192 e. The second-order valence-electron chi connectivity index (χ2n) is 7.57. The van der Waals surface area contributed by atoms with E-state index in [1.807, 2.05) is 0 Å². The lowest BCUT2D eigenvalue weighted by Crippen LogP contribution is -2.53. The fourth-order valence-electron chi connectivity index (χ4n) is 2.55. The van der Waals surface area contributed by atoms with Gasteiger partial charge in [-0.15, -0.1) is 0 Å². The van der Waals surface area contributed by atoms with Crippen molar-refractivity contribution in [2.45, 2.75) is 70.6 Å². The Balaban J connectivity index is 2.19. The van der Waals surface area contributed by atoms with E-state index >= 15 is 0 Å². The third kappa shape index (κ3) is 2.07. The molecule has 2 bridgehead atoms. The average Bonchev–Trinajstić information content (AvgIpc) is 2.72. The zero-order valence-electron chi connectivity index (χ0n) is 12.9. The second-order valence-corrected chi connectivity index (χ2v) is 12.3. The van der Waals surface area contributed by atoms with Gasteiger partial charge in [0.25, 0.3) is 0 Å². The van der Waals surface area contributed by atoms with E-state index in [1.54, 1.807) is 0 Å². The molecular weight excluding hydrogens is 244 g/mol.